The Hall–Kier alpha value is -3.96. The Labute approximate surface area is 219 Å². The maximum absolute atomic E-state index is 12.9. The third-order valence-corrected chi connectivity index (χ3v) is 5.60. The van der Waals surface area contributed by atoms with Gasteiger partial charge in [0.05, 0.1) is 20.6 Å². The number of hydrogen-bond donors (Lipinski definition) is 3. The summed E-state index contributed by atoms with van der Waals surface area (Å²) in [5.74, 6) is -0.420. The van der Waals surface area contributed by atoms with Gasteiger partial charge in [0.15, 0.2) is 17.5 Å². The predicted octanol–water partition coefficient (Wildman–Crippen LogP) is 3.70. The van der Waals surface area contributed by atoms with Crippen molar-refractivity contribution in [2.45, 2.75) is 52.1 Å². The number of rotatable bonds is 12. The summed E-state index contributed by atoms with van der Waals surface area (Å²) in [6.07, 6.45) is -3.71. The molecular weight excluding hydrogens is 505 g/mol. The van der Waals surface area contributed by atoms with E-state index in [9.17, 15) is 22.8 Å². The summed E-state index contributed by atoms with van der Waals surface area (Å²) in [6, 6.07) is 9.44. The largest absolute Gasteiger partial charge is 0.573 e. The molecule has 38 heavy (non-hydrogen) atoms. The van der Waals surface area contributed by atoms with Gasteiger partial charge in [0, 0.05) is 6.54 Å². The van der Waals surface area contributed by atoms with Gasteiger partial charge in [0.2, 0.25) is 11.8 Å². The summed E-state index contributed by atoms with van der Waals surface area (Å²) in [4.78, 5) is 29.6. The van der Waals surface area contributed by atoms with E-state index in [4.69, 9.17) is 15.2 Å². The van der Waals surface area contributed by atoms with Crippen LogP contribution in [0.5, 0.6) is 17.2 Å². The molecule has 1 unspecified atom stereocenters. The van der Waals surface area contributed by atoms with Crippen molar-refractivity contribution in [3.05, 3.63) is 53.6 Å². The number of halogens is 3. The highest BCUT2D eigenvalue weighted by Gasteiger charge is 2.31. The van der Waals surface area contributed by atoms with Crippen LogP contribution in [0.3, 0.4) is 0 Å². The molecule has 0 bridgehead atoms. The highest BCUT2D eigenvalue weighted by molar-refractivity contribution is 5.98. The van der Waals surface area contributed by atoms with Gasteiger partial charge in [0.1, 0.15) is 11.8 Å². The number of nitrogens with zero attached hydrogens (tertiary/aromatic N) is 1. The van der Waals surface area contributed by atoms with Crippen LogP contribution in [0.2, 0.25) is 0 Å². The van der Waals surface area contributed by atoms with Crippen LogP contribution in [-0.4, -0.2) is 44.4 Å². The SMILES string of the molecule is CCC(C)C[C@@H](N=C(N)NC(=O)Cc1ccc(OC)c(OC)c1)C(=O)NCc1cccc(OC(F)(F)F)c1. The minimum Gasteiger partial charge on any atom is -0.493 e. The molecule has 0 saturated carbocycles. The monoisotopic (exact) mass is 538 g/mol. The summed E-state index contributed by atoms with van der Waals surface area (Å²) in [7, 11) is 2.99. The third-order valence-electron chi connectivity index (χ3n) is 5.60. The second-order valence-corrected chi connectivity index (χ2v) is 8.61. The first kappa shape index (κ1) is 30.3. The Morgan fingerprint density at radius 3 is 2.39 bits per heavy atom. The van der Waals surface area contributed by atoms with Gasteiger partial charge in [-0.1, -0.05) is 38.5 Å². The number of carbonyl (C=O) groups is 2. The zero-order valence-corrected chi connectivity index (χ0v) is 21.7. The number of hydrogen-bond acceptors (Lipinski definition) is 6. The van der Waals surface area contributed by atoms with Crippen LogP contribution in [0.15, 0.2) is 47.5 Å². The van der Waals surface area contributed by atoms with Gasteiger partial charge in [-0.15, -0.1) is 13.2 Å². The molecule has 2 aromatic rings. The molecule has 0 heterocycles. The maximum atomic E-state index is 12.9. The molecule has 2 amide bonds. The zero-order valence-electron chi connectivity index (χ0n) is 21.7. The molecule has 0 radical (unpaired) electrons. The van der Waals surface area contributed by atoms with Gasteiger partial charge in [-0.05, 0) is 47.7 Å². The second-order valence-electron chi connectivity index (χ2n) is 8.61. The Morgan fingerprint density at radius 2 is 1.76 bits per heavy atom. The van der Waals surface area contributed by atoms with Crippen LogP contribution >= 0.6 is 0 Å². The van der Waals surface area contributed by atoms with Crippen molar-refractivity contribution in [2.24, 2.45) is 16.6 Å². The van der Waals surface area contributed by atoms with Crippen LogP contribution in [0.4, 0.5) is 13.2 Å². The molecule has 0 aromatic heterocycles. The van der Waals surface area contributed by atoms with Gasteiger partial charge in [0.25, 0.3) is 0 Å². The summed E-state index contributed by atoms with van der Waals surface area (Å²) >= 11 is 0. The van der Waals surface area contributed by atoms with E-state index < -0.39 is 24.2 Å². The van der Waals surface area contributed by atoms with Gasteiger partial charge in [-0.25, -0.2) is 4.99 Å². The molecule has 0 spiro atoms. The van der Waals surface area contributed by atoms with E-state index in [0.717, 1.165) is 6.42 Å². The molecule has 0 aliphatic heterocycles. The number of amides is 2. The van der Waals surface area contributed by atoms with Crippen molar-refractivity contribution < 1.29 is 37.0 Å². The average Bonchev–Trinajstić information content (AvgIpc) is 2.85. The number of carbonyl (C=O) groups excluding carboxylic acids is 2. The third kappa shape index (κ3) is 10.2. The lowest BCUT2D eigenvalue weighted by Crippen LogP contribution is -2.41. The van der Waals surface area contributed by atoms with Crippen LogP contribution in [0, 0.1) is 5.92 Å². The Balaban J connectivity index is 2.06. The number of aliphatic imine (C=N–C) groups is 1. The van der Waals surface area contributed by atoms with E-state index in [2.05, 4.69) is 20.4 Å². The van der Waals surface area contributed by atoms with Gasteiger partial charge in [-0.3, -0.25) is 14.9 Å². The molecule has 0 saturated heterocycles. The number of nitrogens with one attached hydrogen (secondary N) is 2. The molecular formula is C26H33F3N4O5. The molecule has 208 valence electrons. The standard InChI is InChI=1S/C26H33F3N4O5/c1-5-16(2)11-20(24(35)31-15-18-7-6-8-19(12-18)38-26(27,28)29)32-25(30)33-23(34)14-17-9-10-21(36-3)22(13-17)37-4/h6-10,12-13,16,20H,5,11,14-15H2,1-4H3,(H,31,35)(H3,30,32,33,34)/t16?,20-/m1/s1. The van der Waals surface area contributed by atoms with Crippen molar-refractivity contribution in [1.82, 2.24) is 10.6 Å². The van der Waals surface area contributed by atoms with Gasteiger partial charge < -0.3 is 25.3 Å². The Morgan fingerprint density at radius 1 is 1.05 bits per heavy atom. The Kier molecular flexibility index (Phi) is 11.2. The fourth-order valence-corrected chi connectivity index (χ4v) is 3.49. The highest BCUT2D eigenvalue weighted by atomic mass is 19.4. The van der Waals surface area contributed by atoms with E-state index in [1.165, 1.54) is 32.4 Å². The van der Waals surface area contributed by atoms with E-state index in [1.54, 1.807) is 24.3 Å². The molecule has 0 fully saturated rings. The quantitative estimate of drug-likeness (QED) is 0.280. The minimum absolute atomic E-state index is 0.0187. The van der Waals surface area contributed by atoms with Gasteiger partial charge in [-0.2, -0.15) is 0 Å². The van der Waals surface area contributed by atoms with Crippen LogP contribution in [0.25, 0.3) is 0 Å². The zero-order chi connectivity index (χ0) is 28.3. The first-order chi connectivity index (χ1) is 17.9. The lowest BCUT2D eigenvalue weighted by Gasteiger charge is -2.18. The summed E-state index contributed by atoms with van der Waals surface area (Å²) in [5, 5.41) is 5.15. The molecule has 4 N–H and O–H groups in total. The fraction of sp³-hybridized carbons (Fsp3) is 0.423. The number of alkyl halides is 3. The van der Waals surface area contributed by atoms with Crippen LogP contribution < -0.4 is 30.6 Å². The highest BCUT2D eigenvalue weighted by Crippen LogP contribution is 2.27. The average molecular weight is 539 g/mol. The van der Waals surface area contributed by atoms with Crippen molar-refractivity contribution in [3.8, 4) is 17.2 Å². The summed E-state index contributed by atoms with van der Waals surface area (Å²) < 4.78 is 51.8. The van der Waals surface area contributed by atoms with Crippen LogP contribution in [0.1, 0.15) is 37.8 Å². The fourth-order valence-electron chi connectivity index (χ4n) is 3.49. The number of ether oxygens (including phenoxy) is 3. The molecule has 0 aliphatic carbocycles. The van der Waals surface area contributed by atoms with Crippen molar-refractivity contribution >= 4 is 17.8 Å². The number of nitrogens with two attached hydrogens (primary N) is 1. The molecule has 0 aliphatic rings. The minimum atomic E-state index is -4.82. The number of methoxy groups -OCH3 is 2. The van der Waals surface area contributed by atoms with Gasteiger partial charge >= 0.3 is 6.36 Å². The Bertz CT molecular complexity index is 1120. The molecule has 9 nitrogen and oxygen atoms in total. The van der Waals surface area contributed by atoms with Crippen molar-refractivity contribution in [1.29, 1.82) is 0 Å². The van der Waals surface area contributed by atoms with E-state index in [-0.39, 0.29) is 30.6 Å². The maximum Gasteiger partial charge on any atom is 0.573 e. The number of benzene rings is 2. The lowest BCUT2D eigenvalue weighted by atomic mass is 9.99. The normalized spacial score (nSPS) is 13.3. The number of guanidine groups is 1. The summed E-state index contributed by atoms with van der Waals surface area (Å²) in [5.41, 5.74) is 7.00. The second kappa shape index (κ2) is 14.1. The molecule has 2 atom stereocenters. The predicted molar refractivity (Wildman–Crippen MR) is 136 cm³/mol. The molecule has 12 heteroatoms. The van der Waals surface area contributed by atoms with Crippen molar-refractivity contribution in [2.75, 3.05) is 14.2 Å². The van der Waals surface area contributed by atoms with E-state index in [1.807, 2.05) is 13.8 Å². The van der Waals surface area contributed by atoms with E-state index in [0.29, 0.717) is 29.0 Å². The van der Waals surface area contributed by atoms with Crippen LogP contribution in [-0.2, 0) is 22.6 Å². The lowest BCUT2D eigenvalue weighted by molar-refractivity contribution is -0.274. The summed E-state index contributed by atoms with van der Waals surface area (Å²) in [6.45, 7) is 3.86. The molecule has 2 rings (SSSR count). The first-order valence-electron chi connectivity index (χ1n) is 11.9. The van der Waals surface area contributed by atoms with E-state index >= 15 is 0 Å². The molecule has 2 aromatic carbocycles. The smallest absolute Gasteiger partial charge is 0.493 e. The van der Waals surface area contributed by atoms with Crippen molar-refractivity contribution in [3.63, 3.8) is 0 Å². The topological polar surface area (TPSA) is 124 Å². The first-order valence-corrected chi connectivity index (χ1v) is 11.9.